The second kappa shape index (κ2) is 6.69. The minimum absolute atomic E-state index is 0.0898. The van der Waals surface area contributed by atoms with Crippen LogP contribution in [0.4, 0.5) is 0 Å². The Morgan fingerprint density at radius 2 is 1.73 bits per heavy atom. The van der Waals surface area contributed by atoms with Crippen molar-refractivity contribution in [3.05, 3.63) is 36.4 Å². The van der Waals surface area contributed by atoms with Gasteiger partial charge in [-0.25, -0.2) is 4.79 Å². The third-order valence-corrected chi connectivity index (χ3v) is 5.12. The Morgan fingerprint density at radius 3 is 2.09 bits per heavy atom. The lowest BCUT2D eigenvalue weighted by atomic mass is 10.1. The number of β-lactam (4-membered cyclic amide) rings is 1. The molecular weight excluding hydrogens is 308 g/mol. The summed E-state index contributed by atoms with van der Waals surface area (Å²) in [4.78, 5) is 34.2. The highest BCUT2D eigenvalue weighted by Crippen LogP contribution is 2.35. The fourth-order valence-electron chi connectivity index (χ4n) is 2.34. The zero-order valence-corrected chi connectivity index (χ0v) is 12.7. The van der Waals surface area contributed by atoms with Crippen molar-refractivity contribution in [3.8, 4) is 0 Å². The van der Waals surface area contributed by atoms with Gasteiger partial charge in [-0.1, -0.05) is 36.4 Å². The smallest absolute Gasteiger partial charge is 0.329 e. The molecule has 2 N–H and O–H groups in total. The molecule has 2 aliphatic rings. The fraction of sp³-hybridized carbons (Fsp3) is 0.357. The highest BCUT2D eigenvalue weighted by atomic mass is 32.2. The van der Waals surface area contributed by atoms with Gasteiger partial charge in [-0.05, 0) is 0 Å². The molecule has 1 aromatic carbocycles. The van der Waals surface area contributed by atoms with E-state index in [2.05, 4.69) is 5.32 Å². The van der Waals surface area contributed by atoms with Gasteiger partial charge in [0.1, 0.15) is 10.7 Å². The monoisotopic (exact) mass is 324 g/mol. The van der Waals surface area contributed by atoms with Crippen molar-refractivity contribution in [2.45, 2.75) is 30.1 Å². The van der Waals surface area contributed by atoms with E-state index in [-0.39, 0.29) is 12.3 Å². The number of nitrogens with zero attached hydrogens (tertiary/aromatic N) is 1. The Hall–Kier alpha value is -2.22. The van der Waals surface area contributed by atoms with E-state index in [1.807, 2.05) is 36.4 Å². The number of hydrogen-bond donors (Lipinski definition) is 2. The van der Waals surface area contributed by atoms with Crippen molar-refractivity contribution in [1.29, 1.82) is 0 Å². The maximum absolute atomic E-state index is 11.8. The van der Waals surface area contributed by atoms with Gasteiger partial charge in [0.2, 0.25) is 11.8 Å². The zero-order valence-electron chi connectivity index (χ0n) is 11.8. The minimum Gasteiger partial charge on any atom is -0.480 e. The molecule has 8 heteroatoms. The van der Waals surface area contributed by atoms with Crippen LogP contribution in [-0.4, -0.2) is 48.8 Å². The molecule has 0 aromatic heterocycles. The summed E-state index contributed by atoms with van der Waals surface area (Å²) in [6.45, 7) is 1.22. The number of amides is 2. The highest BCUT2D eigenvalue weighted by Gasteiger charge is 2.59. The van der Waals surface area contributed by atoms with E-state index in [1.54, 1.807) is 0 Å². The van der Waals surface area contributed by atoms with Crippen LogP contribution in [0.3, 0.4) is 0 Å². The second-order valence-electron chi connectivity index (χ2n) is 4.85. The van der Waals surface area contributed by atoms with Gasteiger partial charge in [0.05, 0.1) is 17.2 Å². The molecule has 2 fully saturated rings. The lowest BCUT2D eigenvalue weighted by Gasteiger charge is -2.35. The third-order valence-electron chi connectivity index (χ3n) is 3.32. The first-order valence-corrected chi connectivity index (χ1v) is 7.91. The lowest BCUT2D eigenvalue weighted by Crippen LogP contribution is -2.57. The molecule has 0 bridgehead atoms. The average molecular weight is 324 g/mol. The summed E-state index contributed by atoms with van der Waals surface area (Å²) in [6.07, 6.45) is 0.0898. The minimum atomic E-state index is -1.55. The van der Waals surface area contributed by atoms with E-state index in [9.17, 15) is 18.6 Å². The van der Waals surface area contributed by atoms with Gasteiger partial charge >= 0.3 is 5.97 Å². The van der Waals surface area contributed by atoms with Crippen molar-refractivity contribution in [1.82, 2.24) is 10.2 Å². The molecule has 2 amide bonds. The van der Waals surface area contributed by atoms with Crippen molar-refractivity contribution in [3.63, 3.8) is 0 Å². The van der Waals surface area contributed by atoms with E-state index in [4.69, 9.17) is 5.11 Å². The average Bonchev–Trinajstić information content (AvgIpc) is 2.70. The summed E-state index contributed by atoms with van der Waals surface area (Å²) < 4.78 is 11.8. The first-order valence-electron chi connectivity index (χ1n) is 6.64. The van der Waals surface area contributed by atoms with E-state index in [1.165, 1.54) is 6.92 Å². The Labute approximate surface area is 129 Å². The number of benzene rings is 1. The van der Waals surface area contributed by atoms with Crippen molar-refractivity contribution in [2.24, 2.45) is 0 Å². The Balaban J connectivity index is 0.000000246. The van der Waals surface area contributed by atoms with Gasteiger partial charge in [0.15, 0.2) is 6.04 Å². The predicted molar refractivity (Wildman–Crippen MR) is 78.9 cm³/mol. The van der Waals surface area contributed by atoms with Crippen molar-refractivity contribution >= 4 is 28.6 Å². The summed E-state index contributed by atoms with van der Waals surface area (Å²) in [6, 6.07) is 10.8. The topological polar surface area (TPSA) is 104 Å². The van der Waals surface area contributed by atoms with Crippen LogP contribution in [0, 0.1) is 0 Å². The number of nitrogens with one attached hydrogen (secondary N) is 1. The number of carboxylic acids is 1. The van der Waals surface area contributed by atoms with Crippen LogP contribution in [0.2, 0.25) is 0 Å². The fourth-order valence-corrected chi connectivity index (χ4v) is 4.24. The van der Waals surface area contributed by atoms with Gasteiger partial charge < -0.3 is 15.3 Å². The van der Waals surface area contributed by atoms with Crippen LogP contribution in [0.1, 0.15) is 13.3 Å². The van der Waals surface area contributed by atoms with Crippen LogP contribution in [0.25, 0.3) is 0 Å². The van der Waals surface area contributed by atoms with Crippen molar-refractivity contribution in [2.75, 3.05) is 0 Å². The molecule has 3 rings (SSSR count). The Kier molecular flexibility index (Phi) is 4.92. The number of carbonyl (C=O) groups excluding carboxylic acids is 2. The molecule has 3 unspecified atom stereocenters. The van der Waals surface area contributed by atoms with Crippen LogP contribution >= 0.6 is 0 Å². The Morgan fingerprint density at radius 1 is 1.23 bits per heavy atom. The zero-order chi connectivity index (χ0) is 16.3. The molecule has 22 heavy (non-hydrogen) atoms. The van der Waals surface area contributed by atoms with Crippen LogP contribution < -0.4 is 5.32 Å². The maximum atomic E-state index is 11.8. The van der Waals surface area contributed by atoms with Gasteiger partial charge in [-0.3, -0.25) is 13.8 Å². The highest BCUT2D eigenvalue weighted by molar-refractivity contribution is 7.86. The van der Waals surface area contributed by atoms with E-state index < -0.39 is 39.5 Å². The van der Waals surface area contributed by atoms with Gasteiger partial charge in [-0.2, -0.15) is 0 Å². The molecule has 4 atom stereocenters. The first kappa shape index (κ1) is 16.2. The first-order chi connectivity index (χ1) is 10.4. The van der Waals surface area contributed by atoms with E-state index in [0.717, 1.165) is 4.90 Å². The number of hydrogen-bond acceptors (Lipinski definition) is 4. The van der Waals surface area contributed by atoms with Gasteiger partial charge in [0, 0.05) is 6.92 Å². The molecule has 0 aliphatic carbocycles. The number of carbonyl (C=O) groups is 3. The van der Waals surface area contributed by atoms with E-state index >= 15 is 0 Å². The van der Waals surface area contributed by atoms with E-state index in [0.29, 0.717) is 0 Å². The number of rotatable bonds is 2. The molecule has 2 aliphatic heterocycles. The van der Waals surface area contributed by atoms with Crippen LogP contribution in [0.5, 0.6) is 0 Å². The summed E-state index contributed by atoms with van der Waals surface area (Å²) in [7, 11) is -1.55. The lowest BCUT2D eigenvalue weighted by molar-refractivity contribution is -0.156. The summed E-state index contributed by atoms with van der Waals surface area (Å²) in [5, 5.41) is 9.73. The molecule has 2 heterocycles. The largest absolute Gasteiger partial charge is 0.480 e. The molecule has 0 saturated carbocycles. The van der Waals surface area contributed by atoms with Crippen LogP contribution in [0.15, 0.2) is 36.4 Å². The van der Waals surface area contributed by atoms with Gasteiger partial charge in [0.25, 0.3) is 0 Å². The summed E-state index contributed by atoms with van der Waals surface area (Å²) in [5.74, 6) is -2.04. The second-order valence-corrected chi connectivity index (χ2v) is 6.56. The standard InChI is InChI=1S/C8H10N2O5S.C6H6/c1-3(11)9-7-6(8(13)14)10-4(12)2-5(10)16(7)15;1-2-4-6-5-3-1/h5-7H,2H2,1H3,(H,9,11)(H,13,14);1-6H/t5-,6?,7?,16?;/m1./s1. The maximum Gasteiger partial charge on any atom is 0.329 e. The third kappa shape index (κ3) is 3.16. The molecule has 1 aromatic rings. The molecule has 2 saturated heterocycles. The number of fused-ring (bicyclic) bond motifs is 1. The molecular formula is C14H16N2O5S. The predicted octanol–water partition coefficient (Wildman–Crippen LogP) is -0.0909. The van der Waals surface area contributed by atoms with Crippen LogP contribution in [-0.2, 0) is 25.2 Å². The molecule has 0 radical (unpaired) electrons. The van der Waals surface area contributed by atoms with Crippen molar-refractivity contribution < 1.29 is 23.7 Å². The summed E-state index contributed by atoms with van der Waals surface area (Å²) >= 11 is 0. The number of aliphatic carboxylic acids is 1. The number of carboxylic acid groups (broad SMARTS) is 1. The Bertz CT molecular complexity index is 580. The quantitative estimate of drug-likeness (QED) is 0.740. The summed E-state index contributed by atoms with van der Waals surface area (Å²) in [5.41, 5.74) is 0. The molecule has 118 valence electrons. The van der Waals surface area contributed by atoms with Gasteiger partial charge in [-0.15, -0.1) is 0 Å². The normalized spacial score (nSPS) is 28.8. The molecule has 0 spiro atoms. The molecule has 7 nitrogen and oxygen atoms in total. The SMILES string of the molecule is CC(=O)NC1C(C(=O)O)N2C(=O)C[C@H]2S1=O.c1ccccc1.